The quantitative estimate of drug-likeness (QED) is 0.621. The summed E-state index contributed by atoms with van der Waals surface area (Å²) in [7, 11) is 0. The molecule has 2 atom stereocenters. The minimum absolute atomic E-state index is 0.250. The van der Waals surface area contributed by atoms with Crippen molar-refractivity contribution in [2.45, 2.75) is 19.8 Å². The zero-order valence-corrected chi connectivity index (χ0v) is 16.2. The van der Waals surface area contributed by atoms with Crippen molar-refractivity contribution in [3.63, 3.8) is 0 Å². The van der Waals surface area contributed by atoms with Crippen molar-refractivity contribution in [3.8, 4) is 10.6 Å². The smallest absolute Gasteiger partial charge is 0.307 e. The second kappa shape index (κ2) is 7.56. The number of fused-ring (bicyclic) bond motifs is 1. The van der Waals surface area contributed by atoms with Crippen LogP contribution in [0.4, 0.5) is 5.69 Å². The number of benzene rings is 2. The first-order chi connectivity index (χ1) is 13.5. The van der Waals surface area contributed by atoms with Gasteiger partial charge in [0.1, 0.15) is 5.01 Å². The van der Waals surface area contributed by atoms with Crippen LogP contribution in [0.3, 0.4) is 0 Å². The fourth-order valence-electron chi connectivity index (χ4n) is 3.46. The summed E-state index contributed by atoms with van der Waals surface area (Å²) in [5.74, 6) is -2.39. The average molecular weight is 392 g/mol. The Morgan fingerprint density at radius 3 is 2.50 bits per heavy atom. The lowest BCUT2D eigenvalue weighted by atomic mass is 9.82. The number of allylic oxidation sites excluding steroid dienone is 2. The fourth-order valence-corrected chi connectivity index (χ4v) is 4.53. The molecule has 0 saturated carbocycles. The predicted molar refractivity (Wildman–Crippen MR) is 111 cm³/mol. The van der Waals surface area contributed by atoms with Crippen LogP contribution in [0.25, 0.3) is 20.8 Å². The molecule has 4 rings (SSSR count). The summed E-state index contributed by atoms with van der Waals surface area (Å²) in [5, 5.41) is 13.1. The number of hydrogen-bond donors (Lipinski definition) is 2. The summed E-state index contributed by atoms with van der Waals surface area (Å²) in [6.45, 7) is 2.06. The topological polar surface area (TPSA) is 79.3 Å². The van der Waals surface area contributed by atoms with E-state index in [2.05, 4.69) is 29.4 Å². The number of thiazole rings is 1. The highest BCUT2D eigenvalue weighted by Gasteiger charge is 2.33. The van der Waals surface area contributed by atoms with Gasteiger partial charge in [0.2, 0.25) is 5.91 Å². The Balaban J connectivity index is 1.50. The Bertz CT molecular complexity index is 1070. The molecule has 3 aromatic rings. The zero-order valence-electron chi connectivity index (χ0n) is 15.4. The molecule has 1 amide bonds. The van der Waals surface area contributed by atoms with Crippen LogP contribution in [0.15, 0.2) is 54.6 Å². The third-order valence-electron chi connectivity index (χ3n) is 5.03. The Labute approximate surface area is 166 Å². The molecule has 28 heavy (non-hydrogen) atoms. The van der Waals surface area contributed by atoms with Gasteiger partial charge >= 0.3 is 5.97 Å². The third kappa shape index (κ3) is 3.68. The van der Waals surface area contributed by atoms with E-state index in [0.29, 0.717) is 18.5 Å². The molecule has 0 radical (unpaired) electrons. The summed E-state index contributed by atoms with van der Waals surface area (Å²) in [6.07, 6.45) is 4.55. The number of carboxylic acid groups (broad SMARTS) is 1. The number of nitrogens with zero attached hydrogens (tertiary/aromatic N) is 1. The number of carbonyl (C=O) groups excluding carboxylic acids is 1. The first-order valence-corrected chi connectivity index (χ1v) is 9.99. The van der Waals surface area contributed by atoms with Crippen LogP contribution in [0.1, 0.15) is 18.4 Å². The maximum atomic E-state index is 12.6. The van der Waals surface area contributed by atoms with Gasteiger partial charge in [0.15, 0.2) is 0 Å². The molecule has 142 valence electrons. The highest BCUT2D eigenvalue weighted by atomic mass is 32.1. The SMILES string of the molecule is Cc1ccc2nc(-c3ccc(NC(=O)[C@@H]4CC=CC[C@H]4C(=O)O)cc3)sc2c1. The highest BCUT2D eigenvalue weighted by molar-refractivity contribution is 7.21. The van der Waals surface area contributed by atoms with Crippen molar-refractivity contribution < 1.29 is 14.7 Å². The summed E-state index contributed by atoms with van der Waals surface area (Å²) in [5.41, 5.74) is 3.83. The van der Waals surface area contributed by atoms with E-state index in [0.717, 1.165) is 20.8 Å². The van der Waals surface area contributed by atoms with Crippen molar-refractivity contribution in [3.05, 3.63) is 60.2 Å². The van der Waals surface area contributed by atoms with Gasteiger partial charge in [-0.2, -0.15) is 0 Å². The second-order valence-corrected chi connectivity index (χ2v) is 8.08. The van der Waals surface area contributed by atoms with Gasteiger partial charge in [0, 0.05) is 11.3 Å². The number of hydrogen-bond acceptors (Lipinski definition) is 4. The molecule has 0 unspecified atom stereocenters. The van der Waals surface area contributed by atoms with Crippen molar-refractivity contribution in [1.29, 1.82) is 0 Å². The van der Waals surface area contributed by atoms with Crippen molar-refractivity contribution in [1.82, 2.24) is 4.98 Å². The van der Waals surface area contributed by atoms with Crippen molar-refractivity contribution >= 4 is 39.1 Å². The predicted octanol–water partition coefficient (Wildman–Crippen LogP) is 4.88. The molecule has 1 aromatic heterocycles. The first-order valence-electron chi connectivity index (χ1n) is 9.17. The molecule has 0 spiro atoms. The third-order valence-corrected chi connectivity index (χ3v) is 6.10. The van der Waals surface area contributed by atoms with Crippen LogP contribution in [0.2, 0.25) is 0 Å². The van der Waals surface area contributed by atoms with E-state index in [1.54, 1.807) is 11.3 Å². The van der Waals surface area contributed by atoms with Gasteiger partial charge < -0.3 is 10.4 Å². The largest absolute Gasteiger partial charge is 0.481 e. The summed E-state index contributed by atoms with van der Waals surface area (Å²) >= 11 is 1.64. The van der Waals surface area contributed by atoms with Crippen molar-refractivity contribution in [2.24, 2.45) is 11.8 Å². The molecule has 0 fully saturated rings. The minimum Gasteiger partial charge on any atom is -0.481 e. The molecule has 2 aromatic carbocycles. The van der Waals surface area contributed by atoms with E-state index < -0.39 is 17.8 Å². The molecule has 1 heterocycles. The van der Waals surface area contributed by atoms with Crippen LogP contribution in [-0.2, 0) is 9.59 Å². The molecule has 6 heteroatoms. The lowest BCUT2D eigenvalue weighted by molar-refractivity contribution is -0.146. The summed E-state index contributed by atoms with van der Waals surface area (Å²) in [4.78, 5) is 28.6. The Kier molecular flexibility index (Phi) is 4.96. The molecule has 0 bridgehead atoms. The molecular weight excluding hydrogens is 372 g/mol. The van der Waals surface area contributed by atoms with E-state index in [-0.39, 0.29) is 5.91 Å². The molecular formula is C22H20N2O3S. The van der Waals surface area contributed by atoms with E-state index in [1.165, 1.54) is 5.56 Å². The van der Waals surface area contributed by atoms with Crippen LogP contribution in [-0.4, -0.2) is 22.0 Å². The van der Waals surface area contributed by atoms with Crippen LogP contribution < -0.4 is 5.32 Å². The van der Waals surface area contributed by atoms with Crippen LogP contribution in [0.5, 0.6) is 0 Å². The maximum Gasteiger partial charge on any atom is 0.307 e. The molecule has 0 aliphatic heterocycles. The molecule has 0 saturated heterocycles. The number of aliphatic carboxylic acids is 1. The standard InChI is InChI=1S/C22H20N2O3S/c1-13-6-11-18-19(12-13)28-21(24-18)14-7-9-15(10-8-14)23-20(25)16-4-2-3-5-17(16)22(26)27/h2-3,6-12,16-17H,4-5H2,1H3,(H,23,25)(H,26,27)/t16-,17-/m1/s1. The zero-order chi connectivity index (χ0) is 19.7. The number of carboxylic acids is 1. The molecule has 2 N–H and O–H groups in total. The van der Waals surface area contributed by atoms with E-state index in [4.69, 9.17) is 0 Å². The van der Waals surface area contributed by atoms with Gasteiger partial charge in [-0.15, -0.1) is 11.3 Å². The van der Waals surface area contributed by atoms with E-state index >= 15 is 0 Å². The van der Waals surface area contributed by atoms with Gasteiger partial charge in [0.25, 0.3) is 0 Å². The fraction of sp³-hybridized carbons (Fsp3) is 0.227. The van der Waals surface area contributed by atoms with E-state index in [9.17, 15) is 14.7 Å². The van der Waals surface area contributed by atoms with Gasteiger partial charge in [-0.05, 0) is 61.7 Å². The normalized spacial score (nSPS) is 18.9. The van der Waals surface area contributed by atoms with Gasteiger partial charge in [-0.25, -0.2) is 4.98 Å². The Morgan fingerprint density at radius 2 is 1.79 bits per heavy atom. The van der Waals surface area contributed by atoms with Crippen LogP contribution >= 0.6 is 11.3 Å². The number of anilines is 1. The molecule has 5 nitrogen and oxygen atoms in total. The first kappa shape index (κ1) is 18.4. The number of amides is 1. The van der Waals surface area contributed by atoms with Crippen molar-refractivity contribution in [2.75, 3.05) is 5.32 Å². The molecule has 1 aliphatic carbocycles. The average Bonchev–Trinajstić information content (AvgIpc) is 3.11. The van der Waals surface area contributed by atoms with Gasteiger partial charge in [-0.1, -0.05) is 18.2 Å². The second-order valence-electron chi connectivity index (χ2n) is 7.05. The van der Waals surface area contributed by atoms with Gasteiger partial charge in [-0.3, -0.25) is 9.59 Å². The van der Waals surface area contributed by atoms with Gasteiger partial charge in [0.05, 0.1) is 22.1 Å². The minimum atomic E-state index is -0.925. The summed E-state index contributed by atoms with van der Waals surface area (Å²) < 4.78 is 1.15. The number of nitrogens with one attached hydrogen (secondary N) is 1. The lowest BCUT2D eigenvalue weighted by Crippen LogP contribution is -2.34. The highest BCUT2D eigenvalue weighted by Crippen LogP contribution is 2.32. The Morgan fingerprint density at radius 1 is 1.07 bits per heavy atom. The number of aromatic nitrogens is 1. The summed E-state index contributed by atoms with van der Waals surface area (Å²) in [6, 6.07) is 13.7. The monoisotopic (exact) mass is 392 g/mol. The Hall–Kier alpha value is -2.99. The lowest BCUT2D eigenvalue weighted by Gasteiger charge is -2.24. The number of aryl methyl sites for hydroxylation is 1. The van der Waals surface area contributed by atoms with E-state index in [1.807, 2.05) is 42.5 Å². The molecule has 1 aliphatic rings. The van der Waals surface area contributed by atoms with Crippen LogP contribution in [0, 0.1) is 18.8 Å². The maximum absolute atomic E-state index is 12.6. The number of rotatable bonds is 4. The number of carbonyl (C=O) groups is 2.